The Labute approximate surface area is 205 Å². The van der Waals surface area contributed by atoms with Crippen LogP contribution in [0.3, 0.4) is 0 Å². The fourth-order valence-corrected chi connectivity index (χ4v) is 4.83. The average molecular weight is 495 g/mol. The summed E-state index contributed by atoms with van der Waals surface area (Å²) in [5, 5.41) is 6.54. The lowest BCUT2D eigenvalue weighted by molar-refractivity contribution is 0.0996. The van der Waals surface area contributed by atoms with Crippen LogP contribution in [0.5, 0.6) is 0 Å². The Morgan fingerprint density at radius 1 is 1.11 bits per heavy atom. The second-order valence-electron chi connectivity index (χ2n) is 8.71. The minimum absolute atomic E-state index is 0.00860. The molecule has 2 heterocycles. The van der Waals surface area contributed by atoms with E-state index in [1.807, 2.05) is 25.1 Å². The zero-order valence-electron chi connectivity index (χ0n) is 19.9. The summed E-state index contributed by atoms with van der Waals surface area (Å²) in [5.41, 5.74) is 7.99. The number of rotatable bonds is 9. The third-order valence-electron chi connectivity index (χ3n) is 5.92. The maximum Gasteiger partial charge on any atom is 0.271 e. The molecule has 0 aliphatic carbocycles. The van der Waals surface area contributed by atoms with Crippen LogP contribution in [0.25, 0.3) is 0 Å². The van der Waals surface area contributed by atoms with Crippen LogP contribution >= 0.6 is 0 Å². The summed E-state index contributed by atoms with van der Waals surface area (Å²) in [4.78, 5) is 23.8. The predicted molar refractivity (Wildman–Crippen MR) is 137 cm³/mol. The molecular weight excluding hydrogens is 464 g/mol. The molecule has 0 unspecified atom stereocenters. The lowest BCUT2D eigenvalue weighted by Gasteiger charge is -2.19. The van der Waals surface area contributed by atoms with E-state index in [0.717, 1.165) is 32.3 Å². The molecule has 1 fully saturated rings. The second-order valence-corrected chi connectivity index (χ2v) is 10.7. The molecule has 184 valence electrons. The normalized spacial score (nSPS) is 16.2. The van der Waals surface area contributed by atoms with Crippen LogP contribution < -0.4 is 16.4 Å². The number of amides is 1. The van der Waals surface area contributed by atoms with Crippen LogP contribution in [0.15, 0.2) is 59.5 Å². The molecule has 0 spiro atoms. The van der Waals surface area contributed by atoms with Crippen LogP contribution in [-0.4, -0.2) is 54.6 Å². The molecule has 35 heavy (non-hydrogen) atoms. The molecule has 4 N–H and O–H groups in total. The van der Waals surface area contributed by atoms with Gasteiger partial charge in [-0.25, -0.2) is 18.4 Å². The van der Waals surface area contributed by atoms with Crippen molar-refractivity contribution >= 4 is 33.1 Å². The third kappa shape index (κ3) is 6.14. The molecular formula is C25H30N6O3S. The van der Waals surface area contributed by atoms with Crippen molar-refractivity contribution in [2.75, 3.05) is 30.0 Å². The maximum atomic E-state index is 12.1. The van der Waals surface area contributed by atoms with Gasteiger partial charge in [0.2, 0.25) is 0 Å². The van der Waals surface area contributed by atoms with E-state index in [1.165, 1.54) is 17.7 Å². The lowest BCUT2D eigenvalue weighted by Crippen LogP contribution is -2.27. The number of nitrogens with one attached hydrogen (secondary N) is 2. The van der Waals surface area contributed by atoms with Crippen molar-refractivity contribution in [2.24, 2.45) is 5.73 Å². The Hall–Kier alpha value is -3.50. The molecule has 0 saturated carbocycles. The van der Waals surface area contributed by atoms with Gasteiger partial charge in [-0.2, -0.15) is 0 Å². The molecule has 4 rings (SSSR count). The molecule has 0 radical (unpaired) electrons. The number of benzene rings is 2. The van der Waals surface area contributed by atoms with E-state index in [-0.39, 0.29) is 22.4 Å². The number of nitrogens with zero attached hydrogens (tertiary/aromatic N) is 3. The average Bonchev–Trinajstić information content (AvgIpc) is 3.26. The van der Waals surface area contributed by atoms with Gasteiger partial charge in [0.15, 0.2) is 27.2 Å². The van der Waals surface area contributed by atoms with Crippen LogP contribution in [-0.2, 0) is 22.8 Å². The van der Waals surface area contributed by atoms with Gasteiger partial charge in [0.25, 0.3) is 5.91 Å². The molecule has 1 amide bonds. The molecule has 1 saturated heterocycles. The minimum Gasteiger partial charge on any atom is -0.364 e. The highest BCUT2D eigenvalue weighted by molar-refractivity contribution is 7.90. The van der Waals surface area contributed by atoms with Gasteiger partial charge < -0.3 is 16.4 Å². The summed E-state index contributed by atoms with van der Waals surface area (Å²) >= 11 is 0. The van der Waals surface area contributed by atoms with Gasteiger partial charge in [0.1, 0.15) is 0 Å². The first-order chi connectivity index (χ1) is 16.7. The van der Waals surface area contributed by atoms with Crippen LogP contribution in [0.2, 0.25) is 0 Å². The van der Waals surface area contributed by atoms with Crippen LogP contribution in [0.4, 0.5) is 17.3 Å². The highest BCUT2D eigenvalue weighted by atomic mass is 32.2. The van der Waals surface area contributed by atoms with Crippen molar-refractivity contribution in [2.45, 2.75) is 37.2 Å². The van der Waals surface area contributed by atoms with Crippen LogP contribution in [0, 0.1) is 0 Å². The number of sulfone groups is 1. The first kappa shape index (κ1) is 24.6. The maximum absolute atomic E-state index is 12.1. The molecule has 1 aliphatic heterocycles. The minimum atomic E-state index is -3.39. The van der Waals surface area contributed by atoms with Crippen molar-refractivity contribution in [1.29, 1.82) is 0 Å². The second kappa shape index (κ2) is 10.4. The fourth-order valence-electron chi connectivity index (χ4n) is 4.16. The van der Waals surface area contributed by atoms with Crippen molar-refractivity contribution in [3.8, 4) is 0 Å². The van der Waals surface area contributed by atoms with E-state index in [9.17, 15) is 13.2 Å². The van der Waals surface area contributed by atoms with E-state index in [2.05, 4.69) is 37.6 Å². The van der Waals surface area contributed by atoms with Gasteiger partial charge in [0, 0.05) is 37.6 Å². The quantitative estimate of drug-likeness (QED) is 0.414. The first-order valence-electron chi connectivity index (χ1n) is 11.5. The molecule has 1 atom stereocenters. The van der Waals surface area contributed by atoms with E-state index in [0.29, 0.717) is 23.6 Å². The number of aryl methyl sites for hydroxylation is 1. The Bertz CT molecular complexity index is 1310. The number of hydrogen-bond acceptors (Lipinski definition) is 8. The number of anilines is 3. The zero-order valence-corrected chi connectivity index (χ0v) is 20.7. The van der Waals surface area contributed by atoms with Crippen LogP contribution in [0.1, 0.15) is 35.1 Å². The van der Waals surface area contributed by atoms with E-state index in [1.54, 1.807) is 12.1 Å². The summed E-state index contributed by atoms with van der Waals surface area (Å²) in [6, 6.07) is 16.9. The summed E-state index contributed by atoms with van der Waals surface area (Å²) in [6.07, 6.45) is 2.66. The highest BCUT2D eigenvalue weighted by Crippen LogP contribution is 2.26. The molecule has 2 aromatic carbocycles. The molecule has 3 aromatic rings. The topological polar surface area (TPSA) is 130 Å². The largest absolute Gasteiger partial charge is 0.364 e. The Kier molecular flexibility index (Phi) is 7.32. The van der Waals surface area contributed by atoms with E-state index >= 15 is 0 Å². The third-order valence-corrected chi connectivity index (χ3v) is 7.03. The molecule has 0 bridgehead atoms. The smallest absolute Gasteiger partial charge is 0.271 e. The molecule has 1 aromatic heterocycles. The van der Waals surface area contributed by atoms with E-state index in [4.69, 9.17) is 5.73 Å². The summed E-state index contributed by atoms with van der Waals surface area (Å²) in [7, 11) is -3.39. The van der Waals surface area contributed by atoms with Gasteiger partial charge in [-0.1, -0.05) is 43.3 Å². The number of hydrogen-bond donors (Lipinski definition) is 3. The Morgan fingerprint density at radius 3 is 2.57 bits per heavy atom. The molecule has 1 aliphatic rings. The Balaban J connectivity index is 1.56. The van der Waals surface area contributed by atoms with Gasteiger partial charge in [-0.05, 0) is 36.6 Å². The molecule has 10 heteroatoms. The monoisotopic (exact) mass is 494 g/mol. The first-order valence-corrected chi connectivity index (χ1v) is 13.4. The lowest BCUT2D eigenvalue weighted by atomic mass is 10.2. The molecule has 9 nitrogen and oxygen atoms in total. The predicted octanol–water partition coefficient (Wildman–Crippen LogP) is 2.97. The van der Waals surface area contributed by atoms with Gasteiger partial charge in [-0.3, -0.25) is 9.69 Å². The van der Waals surface area contributed by atoms with Crippen molar-refractivity contribution in [1.82, 2.24) is 14.9 Å². The standard InChI is InChI=1S/C25H30N6O3S/c1-3-21-24(28-19-12-13-31(16-19)15-17-8-5-4-6-9-17)30-25(22(29-21)23(26)32)27-18-10-7-11-20(14-18)35(2,33)34/h4-11,14,19H,3,12-13,15-16H2,1-2H3,(H2,26,32)(H2,27,28,30)/t19-/m1/s1. The zero-order chi connectivity index (χ0) is 25.0. The summed E-state index contributed by atoms with van der Waals surface area (Å²) in [6.45, 7) is 4.65. The SMILES string of the molecule is CCc1nc(C(N)=O)c(Nc2cccc(S(C)(=O)=O)c2)nc1N[C@@H]1CCN(Cc2ccccc2)C1. The summed E-state index contributed by atoms with van der Waals surface area (Å²) < 4.78 is 23.9. The van der Waals surface area contributed by atoms with Gasteiger partial charge in [0.05, 0.1) is 10.6 Å². The highest BCUT2D eigenvalue weighted by Gasteiger charge is 2.25. The van der Waals surface area contributed by atoms with Gasteiger partial charge >= 0.3 is 0 Å². The number of carbonyl (C=O) groups excluding carboxylic acids is 1. The fraction of sp³-hybridized carbons (Fsp3) is 0.320. The van der Waals surface area contributed by atoms with Crippen molar-refractivity contribution in [3.05, 3.63) is 71.5 Å². The number of likely N-dealkylation sites (tertiary alicyclic amines) is 1. The van der Waals surface area contributed by atoms with Crippen molar-refractivity contribution < 1.29 is 13.2 Å². The number of carbonyl (C=O) groups is 1. The van der Waals surface area contributed by atoms with Crippen molar-refractivity contribution in [3.63, 3.8) is 0 Å². The van der Waals surface area contributed by atoms with Gasteiger partial charge in [-0.15, -0.1) is 0 Å². The number of primary amides is 1. The number of aromatic nitrogens is 2. The summed E-state index contributed by atoms with van der Waals surface area (Å²) in [5.74, 6) is 0.0586. The number of nitrogens with two attached hydrogens (primary N) is 1. The van der Waals surface area contributed by atoms with E-state index < -0.39 is 15.7 Å². The Morgan fingerprint density at radius 2 is 1.89 bits per heavy atom.